The molecule has 1 aromatic heterocycles. The molecule has 0 aliphatic carbocycles. The van der Waals surface area contributed by atoms with Gasteiger partial charge in [0, 0.05) is 34.0 Å². The van der Waals surface area contributed by atoms with Gasteiger partial charge < -0.3 is 9.64 Å². The Morgan fingerprint density at radius 2 is 1.77 bits per heavy atom. The van der Waals surface area contributed by atoms with Gasteiger partial charge in [0.25, 0.3) is 0 Å². The number of β-lactam (4-membered cyclic amide) rings is 1. The molecule has 4 rings (SSSR count). The molecule has 1 amide bonds. The van der Waals surface area contributed by atoms with E-state index in [-0.39, 0.29) is 16.8 Å². The van der Waals surface area contributed by atoms with E-state index < -0.39 is 0 Å². The Kier molecular flexibility index (Phi) is 6.85. The molecule has 3 aromatic rings. The second-order valence-electron chi connectivity index (χ2n) is 7.36. The maximum absolute atomic E-state index is 12.5. The molecule has 1 saturated heterocycles. The van der Waals surface area contributed by atoms with Crippen molar-refractivity contribution in [2.45, 2.75) is 30.6 Å². The molecule has 0 spiro atoms. The van der Waals surface area contributed by atoms with E-state index in [1.165, 1.54) is 5.56 Å². The first-order valence-electron chi connectivity index (χ1n) is 10.1. The first kappa shape index (κ1) is 22.1. The minimum absolute atomic E-state index is 0.0229. The second kappa shape index (κ2) is 9.60. The van der Waals surface area contributed by atoms with Gasteiger partial charge in [0.2, 0.25) is 5.91 Å². The van der Waals surface area contributed by atoms with Gasteiger partial charge in [-0.25, -0.2) is 0 Å². The monoisotopic (exact) mass is 518 g/mol. The summed E-state index contributed by atoms with van der Waals surface area (Å²) in [5.74, 6) is 0.758. The number of nitrogens with zero attached hydrogens (tertiary/aromatic N) is 2. The number of aryl methyl sites for hydroxylation is 1. The van der Waals surface area contributed by atoms with Crippen molar-refractivity contribution < 1.29 is 9.53 Å². The van der Waals surface area contributed by atoms with Crippen LogP contribution in [0.1, 0.15) is 29.8 Å². The summed E-state index contributed by atoms with van der Waals surface area (Å²) in [6.07, 6.45) is 3.65. The van der Waals surface area contributed by atoms with Gasteiger partial charge in [-0.2, -0.15) is 0 Å². The molecule has 1 aliphatic rings. The first-order valence-corrected chi connectivity index (χ1v) is 11.7. The number of pyridine rings is 1. The summed E-state index contributed by atoms with van der Waals surface area (Å²) in [4.78, 5) is 18.4. The first-order chi connectivity index (χ1) is 15.0. The van der Waals surface area contributed by atoms with Crippen LogP contribution in [0, 0.1) is 0 Å². The van der Waals surface area contributed by atoms with Crippen molar-refractivity contribution in [2.75, 3.05) is 11.5 Å². The fourth-order valence-electron chi connectivity index (χ4n) is 3.58. The molecule has 0 radical (unpaired) electrons. The summed E-state index contributed by atoms with van der Waals surface area (Å²) in [6.45, 7) is 2.66. The fraction of sp³-hybridized carbons (Fsp3) is 0.250. The Hall–Kier alpha value is -2.08. The average Bonchev–Trinajstić information content (AvgIpc) is 2.77. The minimum Gasteiger partial charge on any atom is -0.493 e. The smallest absolute Gasteiger partial charge is 0.243 e. The molecule has 1 fully saturated rings. The molecule has 1 aliphatic heterocycles. The highest BCUT2D eigenvalue weighted by molar-refractivity contribution is 9.10. The number of alkyl halides is 1. The van der Waals surface area contributed by atoms with Crippen molar-refractivity contribution >= 4 is 50.7 Å². The molecule has 0 saturated carbocycles. The number of amides is 1. The lowest BCUT2D eigenvalue weighted by Gasteiger charge is -2.45. The van der Waals surface area contributed by atoms with E-state index >= 15 is 0 Å². The Balaban J connectivity index is 1.41. The quantitative estimate of drug-likeness (QED) is 0.267. The predicted molar refractivity (Wildman–Crippen MR) is 129 cm³/mol. The largest absolute Gasteiger partial charge is 0.493 e. The Bertz CT molecular complexity index is 1050. The molecule has 7 heteroatoms. The second-order valence-corrected chi connectivity index (χ2v) is 9.22. The summed E-state index contributed by atoms with van der Waals surface area (Å²) in [5.41, 5.74) is 3.93. The third kappa shape index (κ3) is 4.89. The number of rotatable bonds is 7. The van der Waals surface area contributed by atoms with Gasteiger partial charge in [-0.15, -0.1) is 0 Å². The predicted octanol–water partition coefficient (Wildman–Crippen LogP) is 6.42. The lowest BCUT2D eigenvalue weighted by atomic mass is 9.92. The van der Waals surface area contributed by atoms with Gasteiger partial charge in [-0.05, 0) is 53.9 Å². The van der Waals surface area contributed by atoms with Crippen molar-refractivity contribution in [3.63, 3.8) is 0 Å². The number of benzene rings is 2. The fourth-order valence-corrected chi connectivity index (χ4v) is 4.86. The maximum atomic E-state index is 12.5. The molecule has 160 valence electrons. The number of halogens is 3. The summed E-state index contributed by atoms with van der Waals surface area (Å²) in [6, 6.07) is 17.0. The highest BCUT2D eigenvalue weighted by Gasteiger charge is 2.47. The average molecular weight is 520 g/mol. The third-order valence-corrected chi connectivity index (χ3v) is 6.63. The van der Waals surface area contributed by atoms with Crippen molar-refractivity contribution in [1.82, 2.24) is 4.98 Å². The summed E-state index contributed by atoms with van der Waals surface area (Å²) in [5, 5.41) is 0.990. The van der Waals surface area contributed by atoms with Crippen LogP contribution < -0.4 is 9.64 Å². The third-order valence-electron chi connectivity index (χ3n) is 5.30. The van der Waals surface area contributed by atoms with Crippen LogP contribution in [0.3, 0.4) is 0 Å². The van der Waals surface area contributed by atoms with Crippen LogP contribution in [0.4, 0.5) is 5.69 Å². The maximum Gasteiger partial charge on any atom is 0.243 e. The van der Waals surface area contributed by atoms with E-state index in [1.54, 1.807) is 23.1 Å². The van der Waals surface area contributed by atoms with E-state index in [1.807, 2.05) is 36.5 Å². The summed E-state index contributed by atoms with van der Waals surface area (Å²) < 4.78 is 5.88. The number of carbonyl (C=O) groups is 1. The molecule has 2 heterocycles. The van der Waals surface area contributed by atoms with Crippen LogP contribution in [-0.2, 0) is 17.6 Å². The van der Waals surface area contributed by atoms with Crippen molar-refractivity contribution in [2.24, 2.45) is 0 Å². The highest BCUT2D eigenvalue weighted by atomic mass is 79.9. The van der Waals surface area contributed by atoms with E-state index in [0.29, 0.717) is 22.3 Å². The molecule has 0 bridgehead atoms. The van der Waals surface area contributed by atoms with Gasteiger partial charge in [0.15, 0.2) is 0 Å². The molecule has 0 N–H and O–H groups in total. The number of hydrogen-bond donors (Lipinski definition) is 0. The minimum atomic E-state index is -0.297. The zero-order valence-corrected chi connectivity index (χ0v) is 20.0. The lowest BCUT2D eigenvalue weighted by molar-refractivity contribution is -0.123. The van der Waals surface area contributed by atoms with Crippen LogP contribution in [0.25, 0.3) is 0 Å². The normalized spacial score (nSPS) is 18.1. The molecule has 2 aromatic carbocycles. The molecule has 2 atom stereocenters. The number of aromatic nitrogens is 1. The summed E-state index contributed by atoms with van der Waals surface area (Å²) in [7, 11) is 0. The number of hydrogen-bond acceptors (Lipinski definition) is 3. The van der Waals surface area contributed by atoms with Crippen molar-refractivity contribution in [1.29, 1.82) is 0 Å². The van der Waals surface area contributed by atoms with E-state index in [2.05, 4.69) is 33.9 Å². The number of anilines is 1. The Labute approximate surface area is 200 Å². The number of ether oxygens (including phenoxy) is 1. The van der Waals surface area contributed by atoms with E-state index in [4.69, 9.17) is 27.9 Å². The lowest BCUT2D eigenvalue weighted by Crippen LogP contribution is -2.56. The molecule has 31 heavy (non-hydrogen) atoms. The molecule has 4 nitrogen and oxygen atoms in total. The topological polar surface area (TPSA) is 42.4 Å². The van der Waals surface area contributed by atoms with Crippen molar-refractivity contribution in [3.05, 3.63) is 87.7 Å². The zero-order chi connectivity index (χ0) is 22.0. The van der Waals surface area contributed by atoms with Crippen molar-refractivity contribution in [3.8, 4) is 5.75 Å². The van der Waals surface area contributed by atoms with Crippen LogP contribution >= 0.6 is 39.1 Å². The Morgan fingerprint density at radius 1 is 1.06 bits per heavy atom. The van der Waals surface area contributed by atoms with Gasteiger partial charge in [0.05, 0.1) is 12.6 Å². The van der Waals surface area contributed by atoms with Crippen LogP contribution in [-0.4, -0.2) is 22.3 Å². The van der Waals surface area contributed by atoms with E-state index in [0.717, 1.165) is 29.8 Å². The molecular formula is C24H21BrCl2N2O2. The van der Waals surface area contributed by atoms with Crippen LogP contribution in [0.15, 0.2) is 60.8 Å². The standard InChI is InChI=1S/C24H21BrCl2N2O2/c1-2-15-3-6-19(28-14-15)9-10-31-21-7-4-16(5-8-21)23-22(25)24(30)29(23)20-12-17(26)11-18(27)13-20/h3-8,11-14,22-23H,2,9-10H2,1H3. The van der Waals surface area contributed by atoms with Gasteiger partial charge in [0.1, 0.15) is 10.6 Å². The van der Waals surface area contributed by atoms with E-state index in [9.17, 15) is 4.79 Å². The number of carbonyl (C=O) groups excluding carboxylic acids is 1. The van der Waals surface area contributed by atoms with Gasteiger partial charge in [-0.1, -0.05) is 64.3 Å². The van der Waals surface area contributed by atoms with Gasteiger partial charge >= 0.3 is 0 Å². The molecule has 2 unspecified atom stereocenters. The van der Waals surface area contributed by atoms with Gasteiger partial charge in [-0.3, -0.25) is 9.78 Å². The Morgan fingerprint density at radius 3 is 2.39 bits per heavy atom. The SMILES string of the molecule is CCc1ccc(CCOc2ccc(C3C(Br)C(=O)N3c3cc(Cl)cc(Cl)c3)cc2)nc1. The van der Waals surface area contributed by atoms with Crippen LogP contribution in [0.5, 0.6) is 5.75 Å². The highest BCUT2D eigenvalue weighted by Crippen LogP contribution is 2.44. The van der Waals surface area contributed by atoms with Crippen LogP contribution in [0.2, 0.25) is 10.0 Å². The zero-order valence-electron chi connectivity index (χ0n) is 16.9. The summed E-state index contributed by atoms with van der Waals surface area (Å²) >= 11 is 15.8. The molecular weight excluding hydrogens is 499 g/mol.